The molecule has 9 rings (SSSR count). The molecule has 9 nitrogen and oxygen atoms in total. The lowest BCUT2D eigenvalue weighted by Crippen LogP contribution is -2.54. The first kappa shape index (κ1) is 34.2. The Balaban J connectivity index is 0.954. The van der Waals surface area contributed by atoms with E-state index in [-0.39, 0.29) is 45.7 Å². The molecule has 0 radical (unpaired) electrons. The Morgan fingerprint density at radius 2 is 1.90 bits per heavy atom. The van der Waals surface area contributed by atoms with E-state index in [1.807, 2.05) is 11.0 Å². The molecule has 14 unspecified atom stereocenters. The summed E-state index contributed by atoms with van der Waals surface area (Å²) >= 11 is 0. The molecule has 14 atom stereocenters. The van der Waals surface area contributed by atoms with E-state index in [9.17, 15) is 20.1 Å². The number of morpholine rings is 1. The van der Waals surface area contributed by atoms with Crippen LogP contribution in [0.5, 0.6) is 0 Å². The number of amides is 1. The predicted octanol–water partition coefficient (Wildman–Crippen LogP) is 5.35. The summed E-state index contributed by atoms with van der Waals surface area (Å²) in [7, 11) is 0. The third kappa shape index (κ3) is 4.34. The van der Waals surface area contributed by atoms with E-state index in [2.05, 4.69) is 32.7 Å². The van der Waals surface area contributed by atoms with Gasteiger partial charge in [-0.05, 0) is 135 Å². The number of ether oxygens (including phenoxy) is 3. The van der Waals surface area contributed by atoms with Gasteiger partial charge in [0, 0.05) is 24.4 Å². The van der Waals surface area contributed by atoms with Crippen molar-refractivity contribution in [3.8, 4) is 0 Å². The van der Waals surface area contributed by atoms with Crippen molar-refractivity contribution in [2.45, 2.75) is 148 Å². The minimum atomic E-state index is -1.26. The Labute approximate surface area is 297 Å². The highest BCUT2D eigenvalue weighted by Crippen LogP contribution is 2.93. The molecule has 2 saturated heterocycles. The van der Waals surface area contributed by atoms with Crippen molar-refractivity contribution < 1.29 is 34.3 Å². The van der Waals surface area contributed by atoms with Crippen molar-refractivity contribution in [2.75, 3.05) is 19.7 Å². The van der Waals surface area contributed by atoms with Gasteiger partial charge in [-0.25, -0.2) is 0 Å². The Kier molecular flexibility index (Phi) is 7.34. The Morgan fingerprint density at radius 1 is 1.10 bits per heavy atom. The molecule has 1 amide bonds. The summed E-state index contributed by atoms with van der Waals surface area (Å²) in [6.07, 6.45) is 11.8. The van der Waals surface area contributed by atoms with Gasteiger partial charge in [-0.1, -0.05) is 27.7 Å². The molecule has 6 saturated carbocycles. The zero-order valence-corrected chi connectivity index (χ0v) is 31.1. The quantitative estimate of drug-likeness (QED) is 0.378. The van der Waals surface area contributed by atoms with Crippen LogP contribution >= 0.6 is 0 Å². The van der Waals surface area contributed by atoms with Crippen molar-refractivity contribution >= 4 is 5.91 Å². The Morgan fingerprint density at radius 3 is 2.64 bits per heavy atom. The monoisotopic (exact) mass is 692 g/mol. The summed E-state index contributed by atoms with van der Waals surface area (Å²) < 4.78 is 19.8. The maximum absolute atomic E-state index is 13.2. The summed E-state index contributed by atoms with van der Waals surface area (Å²) in [6.45, 7) is 14.4. The molecular formula is C41H60N2O7. The van der Waals surface area contributed by atoms with E-state index >= 15 is 0 Å². The lowest BCUT2D eigenvalue weighted by Gasteiger charge is -2.52. The first-order chi connectivity index (χ1) is 23.5. The second-order valence-corrected chi connectivity index (χ2v) is 19.9. The van der Waals surface area contributed by atoms with Gasteiger partial charge in [0.2, 0.25) is 0 Å². The molecule has 3 heterocycles. The highest BCUT2D eigenvalue weighted by Gasteiger charge is 2.89. The number of aliphatic hydroxyl groups excluding tert-OH is 2. The van der Waals surface area contributed by atoms with Gasteiger partial charge >= 0.3 is 0 Å². The summed E-state index contributed by atoms with van der Waals surface area (Å²) in [5, 5.41) is 34.3. The standard InChI is InChI=1S/C41H60N2O7/c1-24-18-26(32(44)36(4,5)47)49-31-30(24)37(6)13-14-38-21-39(23-41(37,39)33(31)45)11-9-27-35(2,3)28(10-12-40(27,38)22-38)50-29-20-43(16-17-48-29)34(46)25-8-7-15-42-19-25/h7-8,15,19,24,26-33,44-45,47H,9-14,16-18,20-23H2,1-6H3. The summed E-state index contributed by atoms with van der Waals surface area (Å²) in [4.78, 5) is 19.2. The van der Waals surface area contributed by atoms with Crippen LogP contribution in [0.3, 0.4) is 0 Å². The van der Waals surface area contributed by atoms with Crippen LogP contribution in [0.4, 0.5) is 0 Å². The van der Waals surface area contributed by atoms with Crippen molar-refractivity contribution in [2.24, 2.45) is 50.2 Å². The third-order valence-corrected chi connectivity index (χ3v) is 17.1. The molecule has 8 aliphatic rings. The molecule has 3 N–H and O–H groups in total. The van der Waals surface area contributed by atoms with Crippen LogP contribution in [0.15, 0.2) is 24.5 Å². The number of hydrogen-bond donors (Lipinski definition) is 3. The molecule has 1 aromatic rings. The number of aliphatic hydroxyl groups is 3. The van der Waals surface area contributed by atoms with E-state index in [1.54, 1.807) is 32.3 Å². The lowest BCUT2D eigenvalue weighted by molar-refractivity contribution is -0.236. The van der Waals surface area contributed by atoms with E-state index in [0.29, 0.717) is 54.3 Å². The number of pyridine rings is 1. The molecule has 2 aliphatic heterocycles. The number of carbonyl (C=O) groups is 1. The number of aromatic nitrogens is 1. The van der Waals surface area contributed by atoms with Crippen LogP contribution in [-0.4, -0.2) is 93.2 Å². The number of fused-ring (bicyclic) bond motifs is 2. The molecule has 276 valence electrons. The fourth-order valence-corrected chi connectivity index (χ4v) is 14.9. The number of nitrogens with zero attached hydrogens (tertiary/aromatic N) is 2. The molecule has 1 aromatic heterocycles. The van der Waals surface area contributed by atoms with Crippen LogP contribution in [-0.2, 0) is 14.2 Å². The average molecular weight is 693 g/mol. The minimum absolute atomic E-state index is 0.00541. The summed E-state index contributed by atoms with van der Waals surface area (Å²) in [5.41, 5.74) is -0.0878. The highest BCUT2D eigenvalue weighted by atomic mass is 16.7. The van der Waals surface area contributed by atoms with Gasteiger partial charge in [-0.3, -0.25) is 9.78 Å². The van der Waals surface area contributed by atoms with Crippen LogP contribution < -0.4 is 0 Å². The summed E-state index contributed by atoms with van der Waals surface area (Å²) in [6, 6.07) is 3.62. The zero-order chi connectivity index (χ0) is 35.3. The largest absolute Gasteiger partial charge is 0.390 e. The zero-order valence-electron chi connectivity index (χ0n) is 31.1. The number of rotatable bonds is 5. The topological polar surface area (TPSA) is 122 Å². The molecular weight excluding hydrogens is 632 g/mol. The van der Waals surface area contributed by atoms with Crippen LogP contribution in [0, 0.1) is 50.2 Å². The predicted molar refractivity (Wildman–Crippen MR) is 186 cm³/mol. The maximum Gasteiger partial charge on any atom is 0.255 e. The van der Waals surface area contributed by atoms with Crippen molar-refractivity contribution in [1.29, 1.82) is 0 Å². The van der Waals surface area contributed by atoms with Crippen molar-refractivity contribution in [1.82, 2.24) is 9.88 Å². The molecule has 50 heavy (non-hydrogen) atoms. The van der Waals surface area contributed by atoms with Gasteiger partial charge in [0.05, 0.1) is 48.7 Å². The van der Waals surface area contributed by atoms with Gasteiger partial charge in [-0.15, -0.1) is 0 Å². The highest BCUT2D eigenvalue weighted by molar-refractivity contribution is 5.93. The fourth-order valence-electron chi connectivity index (χ4n) is 14.9. The van der Waals surface area contributed by atoms with Crippen LogP contribution in [0.1, 0.15) is 116 Å². The van der Waals surface area contributed by atoms with Gasteiger partial charge < -0.3 is 34.4 Å². The second-order valence-electron chi connectivity index (χ2n) is 19.9. The number of hydrogen-bond acceptors (Lipinski definition) is 8. The van der Waals surface area contributed by atoms with Crippen LogP contribution in [0.2, 0.25) is 0 Å². The first-order valence-corrected chi connectivity index (χ1v) is 19.7. The van der Waals surface area contributed by atoms with Crippen molar-refractivity contribution in [3.63, 3.8) is 0 Å². The summed E-state index contributed by atoms with van der Waals surface area (Å²) in [5.74, 6) is 1.07. The normalized spacial score (nSPS) is 50.7. The minimum Gasteiger partial charge on any atom is -0.390 e. The van der Waals surface area contributed by atoms with Gasteiger partial charge in [0.25, 0.3) is 5.91 Å². The van der Waals surface area contributed by atoms with Gasteiger partial charge in [0.1, 0.15) is 6.10 Å². The first-order valence-electron chi connectivity index (χ1n) is 19.7. The van der Waals surface area contributed by atoms with E-state index in [4.69, 9.17) is 14.2 Å². The molecule has 6 aliphatic carbocycles. The smallest absolute Gasteiger partial charge is 0.255 e. The molecule has 8 fully saturated rings. The fraction of sp³-hybridized carbons (Fsp3) is 0.854. The molecule has 9 heteroatoms. The Bertz CT molecular complexity index is 1530. The van der Waals surface area contributed by atoms with E-state index in [1.165, 1.54) is 25.7 Å². The van der Waals surface area contributed by atoms with E-state index in [0.717, 1.165) is 32.1 Å². The van der Waals surface area contributed by atoms with Crippen molar-refractivity contribution in [3.05, 3.63) is 30.1 Å². The average Bonchev–Trinajstić information content (AvgIpc) is 3.93. The second kappa shape index (κ2) is 10.7. The SMILES string of the molecule is CC1CC(C(O)C(C)(C)O)OC2C1C1(C)CCC34CC5(CCC6C(C)(C)C(OC7CN(C(=O)c8cccnc8)CCO7)CCC63C4)CC51C2O. The van der Waals surface area contributed by atoms with E-state index < -0.39 is 30.2 Å². The number of carbonyl (C=O) groups excluding carboxylic acids is 1. The lowest BCUT2D eigenvalue weighted by atomic mass is 9.56. The molecule has 2 bridgehead atoms. The van der Waals surface area contributed by atoms with Gasteiger partial charge in [-0.2, -0.15) is 0 Å². The maximum atomic E-state index is 13.2. The Hall–Kier alpha value is -1.62. The van der Waals surface area contributed by atoms with Gasteiger partial charge in [0.15, 0.2) is 6.29 Å². The third-order valence-electron chi connectivity index (χ3n) is 17.1. The molecule has 4 spiro atoms. The van der Waals surface area contributed by atoms with Crippen LogP contribution in [0.25, 0.3) is 0 Å². The molecule has 0 aromatic carbocycles.